The molecule has 5 rings (SSSR count). The minimum absolute atomic E-state index is 0.306. The van der Waals surface area contributed by atoms with E-state index in [1.54, 1.807) is 61.0 Å². The standard InChI is InChI=1S/C28H23N5O3/c1-35-25-12-11-22(15-26(25)36-19-20-7-5-13-29-16-20)31-28(34)24-18-33(23-9-3-2-4-10-23)32-27(24)21-8-6-14-30-17-21/h2-18H,19H2,1H3,(H,31,34). The first-order chi connectivity index (χ1) is 17.7. The van der Waals surface area contributed by atoms with Crippen LogP contribution in [0.4, 0.5) is 5.69 Å². The summed E-state index contributed by atoms with van der Waals surface area (Å²) in [4.78, 5) is 21.7. The summed E-state index contributed by atoms with van der Waals surface area (Å²) in [5, 5.41) is 7.65. The van der Waals surface area contributed by atoms with Crippen molar-refractivity contribution in [2.75, 3.05) is 12.4 Å². The van der Waals surface area contributed by atoms with Gasteiger partial charge in [-0.2, -0.15) is 5.10 Å². The summed E-state index contributed by atoms with van der Waals surface area (Å²) in [5.74, 6) is 0.760. The van der Waals surface area contributed by atoms with E-state index >= 15 is 0 Å². The third-order valence-corrected chi connectivity index (χ3v) is 5.45. The van der Waals surface area contributed by atoms with Crippen molar-refractivity contribution >= 4 is 11.6 Å². The summed E-state index contributed by atoms with van der Waals surface area (Å²) in [5.41, 5.74) is 4.02. The van der Waals surface area contributed by atoms with Crippen molar-refractivity contribution in [2.24, 2.45) is 0 Å². The Labute approximate surface area is 208 Å². The van der Waals surface area contributed by atoms with Gasteiger partial charge in [0.25, 0.3) is 5.91 Å². The normalized spacial score (nSPS) is 10.6. The fraction of sp³-hybridized carbons (Fsp3) is 0.0714. The van der Waals surface area contributed by atoms with Crippen LogP contribution in [-0.4, -0.2) is 32.8 Å². The number of ether oxygens (including phenoxy) is 2. The van der Waals surface area contributed by atoms with Gasteiger partial charge in [-0.25, -0.2) is 4.68 Å². The number of hydrogen-bond donors (Lipinski definition) is 1. The number of carbonyl (C=O) groups excluding carboxylic acids is 1. The van der Waals surface area contributed by atoms with Gasteiger partial charge >= 0.3 is 0 Å². The van der Waals surface area contributed by atoms with Crippen LogP contribution < -0.4 is 14.8 Å². The Hall–Kier alpha value is -4.98. The molecule has 3 aromatic heterocycles. The first kappa shape index (κ1) is 22.8. The van der Waals surface area contributed by atoms with E-state index < -0.39 is 0 Å². The fourth-order valence-corrected chi connectivity index (χ4v) is 3.68. The molecule has 1 N–H and O–H groups in total. The Balaban J connectivity index is 1.43. The number of nitrogens with one attached hydrogen (secondary N) is 1. The van der Waals surface area contributed by atoms with Crippen LogP contribution in [-0.2, 0) is 6.61 Å². The Morgan fingerprint density at radius 3 is 2.44 bits per heavy atom. The molecule has 5 aromatic rings. The lowest BCUT2D eigenvalue weighted by atomic mass is 10.1. The molecule has 0 saturated heterocycles. The molecule has 0 unspecified atom stereocenters. The molecule has 0 fully saturated rings. The molecule has 3 heterocycles. The molecule has 0 saturated carbocycles. The SMILES string of the molecule is COc1ccc(NC(=O)c2cn(-c3ccccc3)nc2-c2cccnc2)cc1OCc1cccnc1. The lowest BCUT2D eigenvalue weighted by molar-refractivity contribution is 0.102. The Morgan fingerprint density at radius 1 is 0.917 bits per heavy atom. The molecule has 178 valence electrons. The number of para-hydroxylation sites is 1. The van der Waals surface area contributed by atoms with Crippen LogP contribution in [0, 0.1) is 0 Å². The number of pyridine rings is 2. The summed E-state index contributed by atoms with van der Waals surface area (Å²) in [6, 6.07) is 22.3. The van der Waals surface area contributed by atoms with Crippen molar-refractivity contribution in [1.82, 2.24) is 19.7 Å². The van der Waals surface area contributed by atoms with Gasteiger partial charge in [0.15, 0.2) is 11.5 Å². The first-order valence-corrected chi connectivity index (χ1v) is 11.3. The molecule has 8 nitrogen and oxygen atoms in total. The second kappa shape index (κ2) is 10.5. The van der Waals surface area contributed by atoms with Crippen LogP contribution in [0.5, 0.6) is 11.5 Å². The monoisotopic (exact) mass is 477 g/mol. The summed E-state index contributed by atoms with van der Waals surface area (Å²) in [6.07, 6.45) is 8.53. The third kappa shape index (κ3) is 5.07. The summed E-state index contributed by atoms with van der Waals surface area (Å²) in [6.45, 7) is 0.316. The second-order valence-electron chi connectivity index (χ2n) is 7.88. The zero-order valence-corrected chi connectivity index (χ0v) is 19.5. The van der Waals surface area contributed by atoms with E-state index in [1.165, 1.54) is 0 Å². The van der Waals surface area contributed by atoms with Crippen LogP contribution in [0.15, 0.2) is 104 Å². The lowest BCUT2D eigenvalue weighted by Gasteiger charge is -2.13. The van der Waals surface area contributed by atoms with E-state index in [9.17, 15) is 4.79 Å². The second-order valence-corrected chi connectivity index (χ2v) is 7.88. The van der Waals surface area contributed by atoms with Crippen molar-refractivity contribution in [2.45, 2.75) is 6.61 Å². The van der Waals surface area contributed by atoms with E-state index in [0.29, 0.717) is 35.1 Å². The van der Waals surface area contributed by atoms with Gasteiger partial charge in [0, 0.05) is 53.9 Å². The van der Waals surface area contributed by atoms with Crippen molar-refractivity contribution in [3.05, 3.63) is 115 Å². The van der Waals surface area contributed by atoms with Crippen molar-refractivity contribution in [1.29, 1.82) is 0 Å². The number of amides is 1. The lowest BCUT2D eigenvalue weighted by Crippen LogP contribution is -2.12. The van der Waals surface area contributed by atoms with Crippen LogP contribution in [0.3, 0.4) is 0 Å². The van der Waals surface area contributed by atoms with E-state index in [4.69, 9.17) is 9.47 Å². The molecule has 0 aliphatic carbocycles. The zero-order chi connectivity index (χ0) is 24.7. The maximum atomic E-state index is 13.4. The van der Waals surface area contributed by atoms with Crippen molar-refractivity contribution < 1.29 is 14.3 Å². The van der Waals surface area contributed by atoms with Gasteiger partial charge in [-0.15, -0.1) is 0 Å². The molecular formula is C28H23N5O3. The van der Waals surface area contributed by atoms with Crippen molar-refractivity contribution in [3.63, 3.8) is 0 Å². The highest BCUT2D eigenvalue weighted by molar-refractivity contribution is 6.08. The van der Waals surface area contributed by atoms with E-state index in [-0.39, 0.29) is 5.91 Å². The van der Waals surface area contributed by atoms with Gasteiger partial charge in [-0.05, 0) is 42.5 Å². The smallest absolute Gasteiger partial charge is 0.259 e. The first-order valence-electron chi connectivity index (χ1n) is 11.3. The number of benzene rings is 2. The van der Waals surface area contributed by atoms with Crippen LogP contribution >= 0.6 is 0 Å². The van der Waals surface area contributed by atoms with Gasteiger partial charge in [-0.3, -0.25) is 14.8 Å². The Bertz CT molecular complexity index is 1460. The number of anilines is 1. The maximum absolute atomic E-state index is 13.4. The van der Waals surface area contributed by atoms with Gasteiger partial charge in [0.05, 0.1) is 18.4 Å². The van der Waals surface area contributed by atoms with Gasteiger partial charge in [-0.1, -0.05) is 24.3 Å². The van der Waals surface area contributed by atoms with Gasteiger partial charge in [0.2, 0.25) is 0 Å². The maximum Gasteiger partial charge on any atom is 0.259 e. The van der Waals surface area contributed by atoms with Gasteiger partial charge in [0.1, 0.15) is 12.3 Å². The minimum Gasteiger partial charge on any atom is -0.493 e. The summed E-state index contributed by atoms with van der Waals surface area (Å²) in [7, 11) is 1.57. The predicted octanol–water partition coefficient (Wildman–Crippen LogP) is 5.17. The molecule has 36 heavy (non-hydrogen) atoms. The fourth-order valence-electron chi connectivity index (χ4n) is 3.68. The molecule has 0 spiro atoms. The number of nitrogens with zero attached hydrogens (tertiary/aromatic N) is 4. The number of methoxy groups -OCH3 is 1. The van der Waals surface area contributed by atoms with Crippen LogP contribution in [0.2, 0.25) is 0 Å². The highest BCUT2D eigenvalue weighted by atomic mass is 16.5. The van der Waals surface area contributed by atoms with Crippen LogP contribution in [0.1, 0.15) is 15.9 Å². The molecule has 8 heteroatoms. The molecule has 0 atom stereocenters. The highest BCUT2D eigenvalue weighted by Gasteiger charge is 2.20. The molecule has 0 radical (unpaired) electrons. The average molecular weight is 478 g/mol. The van der Waals surface area contributed by atoms with E-state index in [1.807, 2.05) is 54.6 Å². The largest absolute Gasteiger partial charge is 0.493 e. The van der Waals surface area contributed by atoms with Crippen LogP contribution in [0.25, 0.3) is 16.9 Å². The molecule has 0 bridgehead atoms. The predicted molar refractivity (Wildman–Crippen MR) is 136 cm³/mol. The molecule has 0 aliphatic heterocycles. The number of rotatable bonds is 8. The molecule has 1 amide bonds. The topological polar surface area (TPSA) is 91.2 Å². The minimum atomic E-state index is -0.306. The summed E-state index contributed by atoms with van der Waals surface area (Å²) >= 11 is 0. The Morgan fingerprint density at radius 2 is 1.72 bits per heavy atom. The van der Waals surface area contributed by atoms with E-state index in [0.717, 1.165) is 16.8 Å². The highest BCUT2D eigenvalue weighted by Crippen LogP contribution is 2.32. The van der Waals surface area contributed by atoms with E-state index in [2.05, 4.69) is 20.4 Å². The number of hydrogen-bond acceptors (Lipinski definition) is 6. The molecule has 2 aromatic carbocycles. The zero-order valence-electron chi connectivity index (χ0n) is 19.5. The average Bonchev–Trinajstić information content (AvgIpc) is 3.39. The third-order valence-electron chi connectivity index (χ3n) is 5.45. The molecular weight excluding hydrogens is 454 g/mol. The molecule has 0 aliphatic rings. The summed E-state index contributed by atoms with van der Waals surface area (Å²) < 4.78 is 13.1. The van der Waals surface area contributed by atoms with Gasteiger partial charge < -0.3 is 14.8 Å². The number of carbonyl (C=O) groups is 1. The Kier molecular flexibility index (Phi) is 6.66. The number of aromatic nitrogens is 4. The van der Waals surface area contributed by atoms with Crippen molar-refractivity contribution in [3.8, 4) is 28.4 Å². The quantitative estimate of drug-likeness (QED) is 0.332.